The van der Waals surface area contributed by atoms with Crippen LogP contribution in [0.1, 0.15) is 46.9 Å². The lowest BCUT2D eigenvalue weighted by atomic mass is 9.97. The van der Waals surface area contributed by atoms with Gasteiger partial charge in [-0.25, -0.2) is 0 Å². The summed E-state index contributed by atoms with van der Waals surface area (Å²) in [6.07, 6.45) is 0. The summed E-state index contributed by atoms with van der Waals surface area (Å²) in [5.74, 6) is 0.571. The van der Waals surface area contributed by atoms with Crippen molar-refractivity contribution in [2.75, 3.05) is 32.8 Å². The maximum absolute atomic E-state index is 13.4. The first-order valence-electron chi connectivity index (χ1n) is 10.6. The van der Waals surface area contributed by atoms with Crippen LogP contribution in [-0.2, 0) is 11.3 Å². The number of nitrogens with zero attached hydrogens (tertiary/aromatic N) is 2. The molecule has 29 heavy (non-hydrogen) atoms. The fourth-order valence-electron chi connectivity index (χ4n) is 4.24. The molecule has 1 saturated heterocycles. The number of benzene rings is 2. The Morgan fingerprint density at radius 1 is 1.00 bits per heavy atom. The van der Waals surface area contributed by atoms with Gasteiger partial charge in [-0.05, 0) is 24.5 Å². The molecule has 3 aromatic rings. The molecule has 1 fully saturated rings. The number of ketones is 1. The van der Waals surface area contributed by atoms with E-state index in [4.69, 9.17) is 4.74 Å². The van der Waals surface area contributed by atoms with Crippen LogP contribution in [0.5, 0.6) is 0 Å². The van der Waals surface area contributed by atoms with Gasteiger partial charge in [0.05, 0.1) is 18.8 Å². The SMILES string of the molecule is Cc1c(C(=O)c2ccc(C(C)C)cc2)c2ccccc2n1CCN1CCOCC1. The Bertz CT molecular complexity index is 996. The molecule has 4 nitrogen and oxygen atoms in total. The summed E-state index contributed by atoms with van der Waals surface area (Å²) in [6, 6.07) is 16.4. The largest absolute Gasteiger partial charge is 0.379 e. The quantitative estimate of drug-likeness (QED) is 0.575. The Balaban J connectivity index is 1.67. The molecule has 152 valence electrons. The molecule has 0 bridgehead atoms. The van der Waals surface area contributed by atoms with E-state index in [2.05, 4.69) is 60.6 Å². The van der Waals surface area contributed by atoms with Crippen molar-refractivity contribution < 1.29 is 9.53 Å². The van der Waals surface area contributed by atoms with Crippen LogP contribution in [0.25, 0.3) is 10.9 Å². The normalized spacial score (nSPS) is 15.3. The molecular weight excluding hydrogens is 360 g/mol. The topological polar surface area (TPSA) is 34.5 Å². The van der Waals surface area contributed by atoms with Crippen molar-refractivity contribution >= 4 is 16.7 Å². The number of ether oxygens (including phenoxy) is 1. The second kappa shape index (κ2) is 8.52. The molecule has 4 rings (SSSR count). The average Bonchev–Trinajstić information content (AvgIpc) is 3.03. The molecule has 4 heteroatoms. The van der Waals surface area contributed by atoms with E-state index in [1.165, 1.54) is 5.56 Å². The van der Waals surface area contributed by atoms with Crippen LogP contribution < -0.4 is 0 Å². The summed E-state index contributed by atoms with van der Waals surface area (Å²) in [7, 11) is 0. The van der Waals surface area contributed by atoms with Gasteiger partial charge in [-0.1, -0.05) is 56.3 Å². The van der Waals surface area contributed by atoms with Crippen molar-refractivity contribution in [2.24, 2.45) is 0 Å². The molecule has 2 aromatic carbocycles. The molecule has 0 aliphatic carbocycles. The highest BCUT2D eigenvalue weighted by atomic mass is 16.5. The molecule has 1 aromatic heterocycles. The van der Waals surface area contributed by atoms with E-state index in [0.29, 0.717) is 5.92 Å². The first-order valence-corrected chi connectivity index (χ1v) is 10.6. The van der Waals surface area contributed by atoms with Crippen LogP contribution in [0.2, 0.25) is 0 Å². The van der Waals surface area contributed by atoms with Gasteiger partial charge in [-0.15, -0.1) is 0 Å². The lowest BCUT2D eigenvalue weighted by Crippen LogP contribution is -2.38. The van der Waals surface area contributed by atoms with Crippen LogP contribution in [-0.4, -0.2) is 48.1 Å². The Morgan fingerprint density at radius 2 is 1.69 bits per heavy atom. The Labute approximate surface area is 173 Å². The molecule has 1 aliphatic rings. The molecule has 0 spiro atoms. The molecule has 0 amide bonds. The van der Waals surface area contributed by atoms with E-state index >= 15 is 0 Å². The number of rotatable bonds is 6. The summed E-state index contributed by atoms with van der Waals surface area (Å²) in [4.78, 5) is 15.9. The average molecular weight is 391 g/mol. The van der Waals surface area contributed by atoms with Gasteiger partial charge in [0.2, 0.25) is 0 Å². The van der Waals surface area contributed by atoms with Crippen molar-refractivity contribution in [1.29, 1.82) is 0 Å². The predicted molar refractivity (Wildman–Crippen MR) is 118 cm³/mol. The zero-order valence-electron chi connectivity index (χ0n) is 17.6. The highest BCUT2D eigenvalue weighted by Crippen LogP contribution is 2.28. The van der Waals surface area contributed by atoms with Gasteiger partial charge >= 0.3 is 0 Å². The number of fused-ring (bicyclic) bond motifs is 1. The van der Waals surface area contributed by atoms with Crippen LogP contribution in [0, 0.1) is 6.92 Å². The van der Waals surface area contributed by atoms with Crippen molar-refractivity contribution in [2.45, 2.75) is 33.2 Å². The molecule has 0 unspecified atom stereocenters. The zero-order chi connectivity index (χ0) is 20.4. The number of carbonyl (C=O) groups is 1. The standard InChI is InChI=1S/C25H30N2O2/c1-18(2)20-8-10-21(11-9-20)25(28)24-19(3)27(23-7-5-4-6-22(23)24)13-12-26-14-16-29-17-15-26/h4-11,18H,12-17H2,1-3H3. The molecule has 0 radical (unpaired) electrons. The van der Waals surface area contributed by atoms with Crippen LogP contribution in [0.3, 0.4) is 0 Å². The van der Waals surface area contributed by atoms with Crippen molar-refractivity contribution in [3.8, 4) is 0 Å². The molecule has 0 N–H and O–H groups in total. The van der Waals surface area contributed by atoms with Crippen LogP contribution in [0.4, 0.5) is 0 Å². The monoisotopic (exact) mass is 390 g/mol. The number of para-hydroxylation sites is 1. The van der Waals surface area contributed by atoms with Gasteiger partial charge in [-0.3, -0.25) is 9.69 Å². The fraction of sp³-hybridized carbons (Fsp3) is 0.400. The summed E-state index contributed by atoms with van der Waals surface area (Å²) in [5.41, 5.74) is 5.04. The highest BCUT2D eigenvalue weighted by Gasteiger charge is 2.21. The van der Waals surface area contributed by atoms with Crippen molar-refractivity contribution in [3.05, 3.63) is 70.9 Å². The third kappa shape index (κ3) is 4.00. The van der Waals surface area contributed by atoms with E-state index in [0.717, 1.165) is 67.1 Å². The maximum Gasteiger partial charge on any atom is 0.195 e. The molecular formula is C25H30N2O2. The second-order valence-corrected chi connectivity index (χ2v) is 8.19. The van der Waals surface area contributed by atoms with Gasteiger partial charge < -0.3 is 9.30 Å². The number of carbonyl (C=O) groups excluding carboxylic acids is 1. The predicted octanol–water partition coefficient (Wildman–Crippen LogP) is 4.64. The summed E-state index contributed by atoms with van der Waals surface area (Å²) >= 11 is 0. The number of aromatic nitrogens is 1. The highest BCUT2D eigenvalue weighted by molar-refractivity contribution is 6.17. The fourth-order valence-corrected chi connectivity index (χ4v) is 4.24. The Morgan fingerprint density at radius 3 is 2.38 bits per heavy atom. The maximum atomic E-state index is 13.4. The third-order valence-electron chi connectivity index (χ3n) is 6.04. The van der Waals surface area contributed by atoms with E-state index in [9.17, 15) is 4.79 Å². The van der Waals surface area contributed by atoms with Crippen molar-refractivity contribution in [3.63, 3.8) is 0 Å². The zero-order valence-corrected chi connectivity index (χ0v) is 17.6. The molecule has 0 atom stereocenters. The Hall–Kier alpha value is -2.43. The van der Waals surface area contributed by atoms with Crippen LogP contribution >= 0.6 is 0 Å². The second-order valence-electron chi connectivity index (χ2n) is 8.19. The van der Waals surface area contributed by atoms with E-state index < -0.39 is 0 Å². The van der Waals surface area contributed by atoms with Gasteiger partial charge in [0, 0.05) is 48.3 Å². The summed E-state index contributed by atoms with van der Waals surface area (Å²) in [6.45, 7) is 11.8. The number of hydrogen-bond donors (Lipinski definition) is 0. The summed E-state index contributed by atoms with van der Waals surface area (Å²) < 4.78 is 7.77. The van der Waals surface area contributed by atoms with E-state index in [1.54, 1.807) is 0 Å². The lowest BCUT2D eigenvalue weighted by molar-refractivity contribution is 0.0365. The minimum absolute atomic E-state index is 0.110. The van der Waals surface area contributed by atoms with Gasteiger partial charge in [0.15, 0.2) is 5.78 Å². The van der Waals surface area contributed by atoms with Gasteiger partial charge in [0.25, 0.3) is 0 Å². The summed E-state index contributed by atoms with van der Waals surface area (Å²) in [5, 5.41) is 1.05. The van der Waals surface area contributed by atoms with Crippen LogP contribution in [0.15, 0.2) is 48.5 Å². The number of morpholine rings is 1. The minimum Gasteiger partial charge on any atom is -0.379 e. The molecule has 0 saturated carbocycles. The van der Waals surface area contributed by atoms with Gasteiger partial charge in [0.1, 0.15) is 0 Å². The smallest absolute Gasteiger partial charge is 0.195 e. The van der Waals surface area contributed by atoms with E-state index in [1.807, 2.05) is 18.2 Å². The third-order valence-corrected chi connectivity index (χ3v) is 6.04. The van der Waals surface area contributed by atoms with E-state index in [-0.39, 0.29) is 5.78 Å². The first-order chi connectivity index (χ1) is 14.1. The first kappa shape index (κ1) is 19.9. The Kier molecular flexibility index (Phi) is 5.84. The molecule has 1 aliphatic heterocycles. The molecule has 2 heterocycles. The van der Waals surface area contributed by atoms with Crippen molar-refractivity contribution in [1.82, 2.24) is 9.47 Å². The minimum atomic E-state index is 0.110. The lowest BCUT2D eigenvalue weighted by Gasteiger charge is -2.27. The number of hydrogen-bond acceptors (Lipinski definition) is 3. The van der Waals surface area contributed by atoms with Gasteiger partial charge in [-0.2, -0.15) is 0 Å².